The van der Waals surface area contributed by atoms with Gasteiger partial charge < -0.3 is 24.8 Å². The lowest BCUT2D eigenvalue weighted by Crippen LogP contribution is -2.38. The first kappa shape index (κ1) is 19.1. The van der Waals surface area contributed by atoms with Crippen LogP contribution >= 0.6 is 0 Å². The highest BCUT2D eigenvalue weighted by atomic mass is 16.6. The molecule has 0 amide bonds. The summed E-state index contributed by atoms with van der Waals surface area (Å²) in [6.45, 7) is 6.64. The molecule has 1 saturated heterocycles. The summed E-state index contributed by atoms with van der Waals surface area (Å²) in [7, 11) is 0. The number of nitrogens with zero attached hydrogens (tertiary/aromatic N) is 1. The average molecular weight is 374 g/mol. The molecule has 2 atom stereocenters. The van der Waals surface area contributed by atoms with Gasteiger partial charge in [0.05, 0.1) is 12.4 Å². The van der Waals surface area contributed by atoms with Gasteiger partial charge >= 0.3 is 11.9 Å². The molecule has 0 saturated carbocycles. The second-order valence-corrected chi connectivity index (χ2v) is 7.32. The Labute approximate surface area is 155 Å². The fraction of sp³-hybridized carbons (Fsp3) is 0.444. The number of carbonyl (C=O) groups excluding carboxylic acids is 2. The molecule has 9 nitrogen and oxygen atoms in total. The van der Waals surface area contributed by atoms with Crippen LogP contribution in [0.25, 0.3) is 11.0 Å². The van der Waals surface area contributed by atoms with Gasteiger partial charge in [0, 0.05) is 31.1 Å². The SMILES string of the molecule is CC(=O)OC[C@@H]1N[C@H](c2c[nH]c3c(=O)[nH]cnc23)[CH][C]1C(=O)OC(C)(C)C. The minimum absolute atomic E-state index is 0.00667. The molecule has 144 valence electrons. The van der Waals surface area contributed by atoms with Crippen LogP contribution < -0.4 is 10.9 Å². The van der Waals surface area contributed by atoms with E-state index in [0.29, 0.717) is 22.5 Å². The molecule has 2 aromatic heterocycles. The van der Waals surface area contributed by atoms with Gasteiger partial charge in [-0.05, 0) is 20.8 Å². The first-order valence-electron chi connectivity index (χ1n) is 8.55. The molecule has 1 aliphatic rings. The van der Waals surface area contributed by atoms with Crippen LogP contribution in [-0.2, 0) is 19.1 Å². The van der Waals surface area contributed by atoms with Crippen LogP contribution in [0.2, 0.25) is 0 Å². The molecule has 3 rings (SSSR count). The van der Waals surface area contributed by atoms with Crippen molar-refractivity contribution in [2.24, 2.45) is 0 Å². The largest absolute Gasteiger partial charge is 0.464 e. The predicted molar refractivity (Wildman–Crippen MR) is 96.4 cm³/mol. The Balaban J connectivity index is 1.87. The zero-order chi connectivity index (χ0) is 19.8. The highest BCUT2D eigenvalue weighted by molar-refractivity contribution is 5.90. The van der Waals surface area contributed by atoms with E-state index in [1.165, 1.54) is 13.3 Å². The van der Waals surface area contributed by atoms with E-state index in [0.717, 1.165) is 0 Å². The Bertz CT molecular complexity index is 910. The molecular formula is C18H22N4O5. The highest BCUT2D eigenvalue weighted by Crippen LogP contribution is 2.35. The monoisotopic (exact) mass is 374 g/mol. The summed E-state index contributed by atoms with van der Waals surface area (Å²) in [6, 6.07) is -0.920. The van der Waals surface area contributed by atoms with Gasteiger partial charge in [0.15, 0.2) is 0 Å². The van der Waals surface area contributed by atoms with E-state index in [1.807, 2.05) is 0 Å². The van der Waals surface area contributed by atoms with Gasteiger partial charge in [-0.25, -0.2) is 4.98 Å². The van der Waals surface area contributed by atoms with Crippen LogP contribution in [0.5, 0.6) is 0 Å². The Kier molecular flexibility index (Phi) is 5.05. The summed E-state index contributed by atoms with van der Waals surface area (Å²) < 4.78 is 10.5. The van der Waals surface area contributed by atoms with Gasteiger partial charge in [0.1, 0.15) is 29.2 Å². The van der Waals surface area contributed by atoms with E-state index in [-0.39, 0.29) is 12.2 Å². The van der Waals surface area contributed by atoms with Gasteiger partial charge in [-0.2, -0.15) is 0 Å². The molecule has 3 heterocycles. The maximum atomic E-state index is 12.6. The average Bonchev–Trinajstić information content (AvgIpc) is 3.15. The third kappa shape index (κ3) is 4.19. The molecule has 0 unspecified atom stereocenters. The molecule has 0 bridgehead atoms. The van der Waals surface area contributed by atoms with E-state index in [2.05, 4.69) is 20.3 Å². The number of H-pyrrole nitrogens is 2. The van der Waals surface area contributed by atoms with E-state index in [1.54, 1.807) is 33.4 Å². The smallest absolute Gasteiger partial charge is 0.315 e. The van der Waals surface area contributed by atoms with Gasteiger partial charge in [-0.1, -0.05) is 0 Å². The summed E-state index contributed by atoms with van der Waals surface area (Å²) in [4.78, 5) is 45.3. The molecule has 2 aromatic rings. The van der Waals surface area contributed by atoms with E-state index in [4.69, 9.17) is 9.47 Å². The molecule has 0 aliphatic carbocycles. The number of esters is 2. The number of hydrogen-bond donors (Lipinski definition) is 3. The van der Waals surface area contributed by atoms with Crippen molar-refractivity contribution in [1.29, 1.82) is 0 Å². The fourth-order valence-corrected chi connectivity index (χ4v) is 2.92. The number of fused-ring (bicyclic) bond motifs is 1. The van der Waals surface area contributed by atoms with Crippen LogP contribution in [0, 0.1) is 12.3 Å². The van der Waals surface area contributed by atoms with Gasteiger partial charge in [0.25, 0.3) is 5.56 Å². The lowest BCUT2D eigenvalue weighted by molar-refractivity contribution is -0.153. The number of hydrogen-bond acceptors (Lipinski definition) is 7. The Morgan fingerprint density at radius 2 is 2.00 bits per heavy atom. The second-order valence-electron chi connectivity index (χ2n) is 7.32. The molecule has 0 aromatic carbocycles. The topological polar surface area (TPSA) is 126 Å². The molecule has 27 heavy (non-hydrogen) atoms. The lowest BCUT2D eigenvalue weighted by Gasteiger charge is -2.24. The summed E-state index contributed by atoms with van der Waals surface area (Å²) in [5.41, 5.74) is 0.631. The van der Waals surface area contributed by atoms with Crippen LogP contribution in [0.1, 0.15) is 39.3 Å². The number of aromatic amines is 2. The number of nitrogens with one attached hydrogen (secondary N) is 3. The van der Waals surface area contributed by atoms with Gasteiger partial charge in [0.2, 0.25) is 0 Å². The molecule has 3 N–H and O–H groups in total. The number of rotatable bonds is 4. The number of carbonyl (C=O) groups is 2. The van der Waals surface area contributed by atoms with Crippen molar-refractivity contribution in [3.63, 3.8) is 0 Å². The predicted octanol–water partition coefficient (Wildman–Crippen LogP) is 0.948. The maximum Gasteiger partial charge on any atom is 0.315 e. The van der Waals surface area contributed by atoms with Crippen LogP contribution in [0.15, 0.2) is 17.3 Å². The first-order chi connectivity index (χ1) is 12.7. The van der Waals surface area contributed by atoms with Crippen molar-refractivity contribution < 1.29 is 19.1 Å². The Morgan fingerprint density at radius 1 is 1.26 bits per heavy atom. The van der Waals surface area contributed by atoms with Crippen molar-refractivity contribution in [3.8, 4) is 0 Å². The third-order valence-electron chi connectivity index (χ3n) is 4.02. The van der Waals surface area contributed by atoms with Gasteiger partial charge in [-0.3, -0.25) is 14.4 Å². The normalized spacial score (nSPS) is 20.7. The maximum absolute atomic E-state index is 12.6. The van der Waals surface area contributed by atoms with E-state index < -0.39 is 29.6 Å². The van der Waals surface area contributed by atoms with Crippen molar-refractivity contribution in [1.82, 2.24) is 20.3 Å². The highest BCUT2D eigenvalue weighted by Gasteiger charge is 2.43. The second kappa shape index (κ2) is 7.15. The Morgan fingerprint density at radius 3 is 2.67 bits per heavy atom. The van der Waals surface area contributed by atoms with Crippen LogP contribution in [0.4, 0.5) is 0 Å². The molecule has 0 spiro atoms. The number of aromatic nitrogens is 3. The molecular weight excluding hydrogens is 352 g/mol. The molecule has 2 radical (unpaired) electrons. The zero-order valence-corrected chi connectivity index (χ0v) is 15.6. The summed E-state index contributed by atoms with van der Waals surface area (Å²) in [5, 5.41) is 3.23. The summed E-state index contributed by atoms with van der Waals surface area (Å²) in [5.74, 6) is -0.556. The molecule has 1 fully saturated rings. The summed E-state index contributed by atoms with van der Waals surface area (Å²) in [6.07, 6.45) is 4.71. The number of ether oxygens (including phenoxy) is 2. The fourth-order valence-electron chi connectivity index (χ4n) is 2.92. The van der Waals surface area contributed by atoms with Crippen molar-refractivity contribution in [3.05, 3.63) is 40.8 Å². The Hall–Kier alpha value is -2.68. The first-order valence-corrected chi connectivity index (χ1v) is 8.55. The van der Waals surface area contributed by atoms with Crippen LogP contribution in [0.3, 0.4) is 0 Å². The molecule has 9 heteroatoms. The van der Waals surface area contributed by atoms with Crippen molar-refractivity contribution >= 4 is 23.0 Å². The van der Waals surface area contributed by atoms with E-state index in [9.17, 15) is 14.4 Å². The standard InChI is InChI=1S/C18H22N4O5/c1-9(23)26-7-13-10(17(25)27-18(2,3)4)5-12(22-13)11-6-19-15-14(11)20-8-21-16(15)24/h5-6,8,12-13,19,22H,7H2,1-4H3,(H,20,21,24)/t12-,13-/m0/s1. The lowest BCUT2D eigenvalue weighted by atomic mass is 9.97. The quantitative estimate of drug-likeness (QED) is 0.680. The molecule has 1 aliphatic heterocycles. The van der Waals surface area contributed by atoms with Crippen molar-refractivity contribution in [2.75, 3.05) is 6.61 Å². The third-order valence-corrected chi connectivity index (χ3v) is 4.02. The van der Waals surface area contributed by atoms with E-state index >= 15 is 0 Å². The minimum atomic E-state index is -0.655. The summed E-state index contributed by atoms with van der Waals surface area (Å²) >= 11 is 0. The van der Waals surface area contributed by atoms with Gasteiger partial charge in [-0.15, -0.1) is 0 Å². The zero-order valence-electron chi connectivity index (χ0n) is 15.6. The van der Waals surface area contributed by atoms with Crippen LogP contribution in [-0.4, -0.2) is 45.1 Å². The van der Waals surface area contributed by atoms with Crippen molar-refractivity contribution in [2.45, 2.75) is 45.4 Å². The minimum Gasteiger partial charge on any atom is -0.464 e.